The van der Waals surface area contributed by atoms with Crippen LogP contribution in [0.5, 0.6) is 0 Å². The standard InChI is InChI=1S/C16H11ClFNOS/c1-9-4-2-3-5-12(9)19-16(20)15-14(17)11-7-6-10(18)8-13(11)21-15/h2-8H,1H3,(H,19,20). The third kappa shape index (κ3) is 2.64. The SMILES string of the molecule is Cc1ccccc1NC(=O)c1sc2cc(F)ccc2c1Cl. The van der Waals surface area contributed by atoms with Crippen LogP contribution >= 0.6 is 22.9 Å². The van der Waals surface area contributed by atoms with E-state index in [-0.39, 0.29) is 11.7 Å². The van der Waals surface area contributed by atoms with E-state index in [9.17, 15) is 9.18 Å². The number of halogens is 2. The lowest BCUT2D eigenvalue weighted by molar-refractivity contribution is 0.103. The van der Waals surface area contributed by atoms with Crippen LogP contribution in [0.3, 0.4) is 0 Å². The zero-order chi connectivity index (χ0) is 15.0. The molecule has 1 N–H and O–H groups in total. The molecule has 0 saturated carbocycles. The van der Waals surface area contributed by atoms with E-state index in [1.165, 1.54) is 23.5 Å². The fraction of sp³-hybridized carbons (Fsp3) is 0.0625. The molecule has 1 amide bonds. The molecule has 0 aliphatic carbocycles. The minimum absolute atomic E-state index is 0.282. The summed E-state index contributed by atoms with van der Waals surface area (Å²) in [5, 5.41) is 3.89. The maximum Gasteiger partial charge on any atom is 0.267 e. The number of nitrogens with one attached hydrogen (secondary N) is 1. The van der Waals surface area contributed by atoms with Crippen molar-refractivity contribution in [2.45, 2.75) is 6.92 Å². The minimum atomic E-state index is -0.341. The van der Waals surface area contributed by atoms with Crippen molar-refractivity contribution in [3.8, 4) is 0 Å². The fourth-order valence-electron chi connectivity index (χ4n) is 2.08. The molecule has 2 nitrogen and oxygen atoms in total. The van der Waals surface area contributed by atoms with E-state index in [1.54, 1.807) is 6.07 Å². The molecule has 5 heteroatoms. The molecule has 1 heterocycles. The van der Waals surface area contributed by atoms with Crippen LogP contribution in [0.25, 0.3) is 10.1 Å². The zero-order valence-corrected chi connectivity index (χ0v) is 12.7. The lowest BCUT2D eigenvalue weighted by atomic mass is 10.2. The second kappa shape index (κ2) is 5.47. The van der Waals surface area contributed by atoms with Crippen LogP contribution in [0.1, 0.15) is 15.2 Å². The molecule has 0 atom stereocenters. The smallest absolute Gasteiger partial charge is 0.267 e. The summed E-state index contributed by atoms with van der Waals surface area (Å²) in [5.41, 5.74) is 1.70. The highest BCUT2D eigenvalue weighted by Crippen LogP contribution is 2.36. The van der Waals surface area contributed by atoms with Crippen LogP contribution in [-0.4, -0.2) is 5.91 Å². The molecule has 0 saturated heterocycles. The number of aryl methyl sites for hydroxylation is 1. The Bertz CT molecular complexity index is 843. The van der Waals surface area contributed by atoms with Crippen LogP contribution in [0, 0.1) is 12.7 Å². The molecule has 0 radical (unpaired) electrons. The average molecular weight is 320 g/mol. The summed E-state index contributed by atoms with van der Waals surface area (Å²) in [6.07, 6.45) is 0. The Morgan fingerprint density at radius 2 is 2.00 bits per heavy atom. The van der Waals surface area contributed by atoms with Gasteiger partial charge in [0.1, 0.15) is 10.7 Å². The summed E-state index contributed by atoms with van der Waals surface area (Å²) in [5.74, 6) is -0.623. The quantitative estimate of drug-likeness (QED) is 0.686. The Hall–Kier alpha value is -1.91. The summed E-state index contributed by atoms with van der Waals surface area (Å²) in [4.78, 5) is 12.8. The molecule has 106 valence electrons. The van der Waals surface area contributed by atoms with E-state index in [2.05, 4.69) is 5.32 Å². The van der Waals surface area contributed by atoms with Gasteiger partial charge in [-0.25, -0.2) is 4.39 Å². The summed E-state index contributed by atoms with van der Waals surface area (Å²) in [6.45, 7) is 1.91. The van der Waals surface area contributed by atoms with Gasteiger partial charge in [-0.05, 0) is 36.8 Å². The van der Waals surface area contributed by atoms with Gasteiger partial charge >= 0.3 is 0 Å². The van der Waals surface area contributed by atoms with Crippen molar-refractivity contribution < 1.29 is 9.18 Å². The maximum absolute atomic E-state index is 13.2. The highest BCUT2D eigenvalue weighted by atomic mass is 35.5. The van der Waals surface area contributed by atoms with Crippen molar-refractivity contribution in [2.75, 3.05) is 5.32 Å². The Morgan fingerprint density at radius 3 is 2.76 bits per heavy atom. The number of anilines is 1. The Balaban J connectivity index is 1.98. The van der Waals surface area contributed by atoms with Crippen molar-refractivity contribution in [3.63, 3.8) is 0 Å². The lowest BCUT2D eigenvalue weighted by Crippen LogP contribution is -2.11. The van der Waals surface area contributed by atoms with Crippen LogP contribution in [0.15, 0.2) is 42.5 Å². The Morgan fingerprint density at radius 1 is 1.24 bits per heavy atom. The van der Waals surface area contributed by atoms with Crippen LogP contribution in [0.4, 0.5) is 10.1 Å². The van der Waals surface area contributed by atoms with Gasteiger partial charge in [-0.1, -0.05) is 29.8 Å². The summed E-state index contributed by atoms with van der Waals surface area (Å²) >= 11 is 7.42. The minimum Gasteiger partial charge on any atom is -0.321 e. The number of carbonyl (C=O) groups excluding carboxylic acids is 1. The topological polar surface area (TPSA) is 29.1 Å². The number of hydrogen-bond acceptors (Lipinski definition) is 2. The lowest BCUT2D eigenvalue weighted by Gasteiger charge is -2.06. The van der Waals surface area contributed by atoms with Gasteiger partial charge in [0.05, 0.1) is 5.02 Å². The van der Waals surface area contributed by atoms with Gasteiger partial charge in [0.2, 0.25) is 0 Å². The predicted octanol–water partition coefficient (Wildman–Crippen LogP) is 5.25. The molecular weight excluding hydrogens is 309 g/mol. The van der Waals surface area contributed by atoms with Gasteiger partial charge in [-0.15, -0.1) is 11.3 Å². The number of hydrogen-bond donors (Lipinski definition) is 1. The third-order valence-electron chi connectivity index (χ3n) is 3.19. The maximum atomic E-state index is 13.2. The van der Waals surface area contributed by atoms with Crippen molar-refractivity contribution >= 4 is 44.6 Å². The van der Waals surface area contributed by atoms with Gasteiger partial charge in [-0.3, -0.25) is 4.79 Å². The van der Waals surface area contributed by atoms with Crippen molar-refractivity contribution in [2.24, 2.45) is 0 Å². The molecule has 0 bridgehead atoms. The zero-order valence-electron chi connectivity index (χ0n) is 11.1. The summed E-state index contributed by atoms with van der Waals surface area (Å²) in [6, 6.07) is 11.8. The summed E-state index contributed by atoms with van der Waals surface area (Å²) < 4.78 is 13.9. The molecule has 3 aromatic rings. The van der Waals surface area contributed by atoms with E-state index >= 15 is 0 Å². The monoisotopic (exact) mass is 319 g/mol. The number of carbonyl (C=O) groups is 1. The third-order valence-corrected chi connectivity index (χ3v) is 4.85. The van der Waals surface area contributed by atoms with E-state index in [0.717, 1.165) is 11.3 Å². The van der Waals surface area contributed by atoms with Crippen molar-refractivity contribution in [1.29, 1.82) is 0 Å². The van der Waals surface area contributed by atoms with Gasteiger partial charge in [0.15, 0.2) is 0 Å². The normalized spacial score (nSPS) is 10.8. The molecule has 0 aliphatic rings. The Labute approximate surface area is 130 Å². The predicted molar refractivity (Wildman–Crippen MR) is 85.9 cm³/mol. The van der Waals surface area contributed by atoms with Crippen LogP contribution < -0.4 is 5.32 Å². The van der Waals surface area contributed by atoms with Gasteiger partial charge in [0, 0.05) is 15.8 Å². The molecule has 1 aromatic heterocycles. The number of amides is 1. The van der Waals surface area contributed by atoms with Crippen LogP contribution in [-0.2, 0) is 0 Å². The summed E-state index contributed by atoms with van der Waals surface area (Å²) in [7, 11) is 0. The molecule has 0 fully saturated rings. The number of fused-ring (bicyclic) bond motifs is 1. The average Bonchev–Trinajstić information content (AvgIpc) is 2.78. The van der Waals surface area contributed by atoms with Crippen LogP contribution in [0.2, 0.25) is 5.02 Å². The molecule has 0 aliphatic heterocycles. The number of thiophene rings is 1. The second-order valence-electron chi connectivity index (χ2n) is 4.65. The second-order valence-corrected chi connectivity index (χ2v) is 6.08. The Kier molecular flexibility index (Phi) is 3.66. The highest BCUT2D eigenvalue weighted by molar-refractivity contribution is 7.21. The molecule has 0 spiro atoms. The number of rotatable bonds is 2. The van der Waals surface area contributed by atoms with E-state index in [1.807, 2.05) is 31.2 Å². The number of para-hydroxylation sites is 1. The van der Waals surface area contributed by atoms with Gasteiger partial charge in [-0.2, -0.15) is 0 Å². The first-order valence-electron chi connectivity index (χ1n) is 6.31. The molecule has 3 rings (SSSR count). The van der Waals surface area contributed by atoms with Crippen molar-refractivity contribution in [1.82, 2.24) is 0 Å². The van der Waals surface area contributed by atoms with E-state index in [0.29, 0.717) is 20.0 Å². The first-order valence-corrected chi connectivity index (χ1v) is 7.50. The fourth-order valence-corrected chi connectivity index (χ4v) is 3.51. The number of benzene rings is 2. The van der Waals surface area contributed by atoms with E-state index in [4.69, 9.17) is 11.6 Å². The first kappa shape index (κ1) is 14.0. The molecular formula is C16H11ClFNOS. The molecule has 2 aromatic carbocycles. The first-order chi connectivity index (χ1) is 10.1. The molecule has 21 heavy (non-hydrogen) atoms. The largest absolute Gasteiger partial charge is 0.321 e. The van der Waals surface area contributed by atoms with Gasteiger partial charge < -0.3 is 5.32 Å². The molecule has 0 unspecified atom stereocenters. The highest BCUT2D eigenvalue weighted by Gasteiger charge is 2.18. The van der Waals surface area contributed by atoms with E-state index < -0.39 is 0 Å². The van der Waals surface area contributed by atoms with Gasteiger partial charge in [0.25, 0.3) is 5.91 Å². The van der Waals surface area contributed by atoms with Crippen molar-refractivity contribution in [3.05, 3.63) is 63.7 Å².